The summed E-state index contributed by atoms with van der Waals surface area (Å²) in [6.07, 6.45) is 3.54. The molecule has 0 aliphatic carbocycles. The molecule has 2 aliphatic heterocycles. The van der Waals surface area contributed by atoms with Crippen molar-refractivity contribution in [1.29, 1.82) is 0 Å². The smallest absolute Gasteiger partial charge is 0.255 e. The van der Waals surface area contributed by atoms with E-state index in [0.717, 1.165) is 0 Å². The van der Waals surface area contributed by atoms with E-state index < -0.39 is 5.82 Å². The standard InChI is InChI=1S/C19H11Cl3FN3OS/c20-11-2-1-3-12(21)17(11)18-14-5-7-16(25-26(14)9-24-19(18)27)28-15-6-4-10(23)8-13(15)22/h1-8H,9H2,(H,24,27). The van der Waals surface area contributed by atoms with Crippen LogP contribution in [0.1, 0.15) is 5.56 Å². The molecule has 0 fully saturated rings. The SMILES string of the molecule is O=C1NCN2N=C(Sc3ccc(F)cc3Cl)C=CC2=C1c1c(Cl)cccc1Cl. The summed E-state index contributed by atoms with van der Waals surface area (Å²) >= 11 is 20.0. The van der Waals surface area contributed by atoms with Gasteiger partial charge in [0.2, 0.25) is 0 Å². The van der Waals surface area contributed by atoms with E-state index in [9.17, 15) is 9.18 Å². The molecule has 1 amide bonds. The molecule has 28 heavy (non-hydrogen) atoms. The van der Waals surface area contributed by atoms with Gasteiger partial charge in [-0.05, 0) is 42.5 Å². The van der Waals surface area contributed by atoms with Gasteiger partial charge in [-0.1, -0.05) is 52.6 Å². The molecular weight excluding hydrogens is 444 g/mol. The van der Waals surface area contributed by atoms with E-state index in [0.29, 0.717) is 41.8 Å². The normalized spacial score (nSPS) is 16.1. The first-order valence-corrected chi connectivity index (χ1v) is 10.0. The highest BCUT2D eigenvalue weighted by atomic mass is 35.5. The third-order valence-corrected chi connectivity index (χ3v) is 6.13. The second-order valence-corrected chi connectivity index (χ2v) is 8.15. The monoisotopic (exact) mass is 453 g/mol. The summed E-state index contributed by atoms with van der Waals surface area (Å²) in [5.41, 5.74) is 1.40. The van der Waals surface area contributed by atoms with Crippen LogP contribution in [0.5, 0.6) is 0 Å². The maximum atomic E-state index is 13.2. The number of hydrogen-bond acceptors (Lipinski definition) is 4. The molecule has 0 saturated heterocycles. The number of hydrazone groups is 1. The number of rotatable bonds is 2. The van der Waals surface area contributed by atoms with Gasteiger partial charge in [-0.3, -0.25) is 4.79 Å². The molecule has 0 atom stereocenters. The molecule has 4 nitrogen and oxygen atoms in total. The van der Waals surface area contributed by atoms with Crippen molar-refractivity contribution in [2.75, 3.05) is 6.67 Å². The van der Waals surface area contributed by atoms with E-state index in [1.165, 1.54) is 23.9 Å². The minimum absolute atomic E-state index is 0.200. The summed E-state index contributed by atoms with van der Waals surface area (Å²) in [4.78, 5) is 13.2. The van der Waals surface area contributed by atoms with Crippen molar-refractivity contribution in [2.45, 2.75) is 4.90 Å². The van der Waals surface area contributed by atoms with Crippen LogP contribution in [0.25, 0.3) is 5.57 Å². The molecule has 1 N–H and O–H groups in total. The van der Waals surface area contributed by atoms with E-state index in [1.54, 1.807) is 41.4 Å². The van der Waals surface area contributed by atoms with Crippen LogP contribution in [0.15, 0.2) is 64.2 Å². The fourth-order valence-electron chi connectivity index (χ4n) is 2.83. The topological polar surface area (TPSA) is 44.7 Å². The minimum atomic E-state index is -0.402. The summed E-state index contributed by atoms with van der Waals surface area (Å²) in [5, 5.41) is 10.7. The fourth-order valence-corrected chi connectivity index (χ4v) is 4.49. The lowest BCUT2D eigenvalue weighted by atomic mass is 10.0. The quantitative estimate of drug-likeness (QED) is 0.646. The largest absolute Gasteiger partial charge is 0.333 e. The Labute approximate surface area is 179 Å². The Morgan fingerprint density at radius 2 is 1.82 bits per heavy atom. The average Bonchev–Trinajstić information content (AvgIpc) is 2.65. The number of thioether (sulfide) groups is 1. The second-order valence-electron chi connectivity index (χ2n) is 5.87. The van der Waals surface area contributed by atoms with Crippen molar-refractivity contribution < 1.29 is 9.18 Å². The van der Waals surface area contributed by atoms with Crippen LogP contribution in [-0.2, 0) is 4.79 Å². The maximum Gasteiger partial charge on any atom is 0.255 e. The highest BCUT2D eigenvalue weighted by Crippen LogP contribution is 2.37. The summed E-state index contributed by atoms with van der Waals surface area (Å²) in [6.45, 7) is 0.200. The van der Waals surface area contributed by atoms with Crippen molar-refractivity contribution in [3.8, 4) is 0 Å². The zero-order valence-corrected chi connectivity index (χ0v) is 17.1. The molecule has 142 valence electrons. The van der Waals surface area contributed by atoms with Gasteiger partial charge in [0.15, 0.2) is 0 Å². The highest BCUT2D eigenvalue weighted by molar-refractivity contribution is 8.14. The van der Waals surface area contributed by atoms with Crippen LogP contribution < -0.4 is 5.32 Å². The van der Waals surface area contributed by atoms with E-state index in [1.807, 2.05) is 0 Å². The van der Waals surface area contributed by atoms with Crippen molar-refractivity contribution in [1.82, 2.24) is 10.3 Å². The van der Waals surface area contributed by atoms with E-state index in [-0.39, 0.29) is 12.6 Å². The number of allylic oxidation sites excluding steroid dienone is 1. The van der Waals surface area contributed by atoms with Crippen LogP contribution in [0.3, 0.4) is 0 Å². The molecule has 2 aromatic carbocycles. The van der Waals surface area contributed by atoms with Crippen LogP contribution in [-0.4, -0.2) is 22.6 Å². The van der Waals surface area contributed by atoms with Gasteiger partial charge in [0.25, 0.3) is 5.91 Å². The third kappa shape index (κ3) is 3.65. The lowest BCUT2D eigenvalue weighted by molar-refractivity contribution is -0.116. The van der Waals surface area contributed by atoms with Crippen molar-refractivity contribution >= 4 is 63.1 Å². The van der Waals surface area contributed by atoms with Gasteiger partial charge in [-0.2, -0.15) is 5.10 Å². The number of fused-ring (bicyclic) bond motifs is 1. The van der Waals surface area contributed by atoms with Crippen LogP contribution >= 0.6 is 46.6 Å². The van der Waals surface area contributed by atoms with Gasteiger partial charge >= 0.3 is 0 Å². The molecule has 0 radical (unpaired) electrons. The van der Waals surface area contributed by atoms with Gasteiger partial charge in [-0.15, -0.1) is 0 Å². The van der Waals surface area contributed by atoms with Crippen LogP contribution in [0.4, 0.5) is 4.39 Å². The number of nitrogens with zero attached hydrogens (tertiary/aromatic N) is 2. The predicted molar refractivity (Wildman–Crippen MR) is 112 cm³/mol. The van der Waals surface area contributed by atoms with Crippen LogP contribution in [0.2, 0.25) is 15.1 Å². The van der Waals surface area contributed by atoms with Gasteiger partial charge < -0.3 is 5.32 Å². The predicted octanol–water partition coefficient (Wildman–Crippen LogP) is 5.56. The minimum Gasteiger partial charge on any atom is -0.333 e. The fraction of sp³-hybridized carbons (Fsp3) is 0.0526. The molecule has 0 spiro atoms. The van der Waals surface area contributed by atoms with Gasteiger partial charge in [0, 0.05) is 10.5 Å². The first-order valence-electron chi connectivity index (χ1n) is 8.08. The molecule has 9 heteroatoms. The van der Waals surface area contributed by atoms with Gasteiger partial charge in [-0.25, -0.2) is 9.40 Å². The molecular formula is C19H11Cl3FN3OS. The number of halogens is 4. The average molecular weight is 455 g/mol. The summed E-state index contributed by atoms with van der Waals surface area (Å²) < 4.78 is 13.2. The zero-order valence-electron chi connectivity index (χ0n) is 14.0. The maximum absolute atomic E-state index is 13.2. The Bertz CT molecular complexity index is 1060. The van der Waals surface area contributed by atoms with Gasteiger partial charge in [0.05, 0.1) is 26.3 Å². The number of carbonyl (C=O) groups excluding carboxylic acids is 1. The molecule has 0 aromatic heterocycles. The molecule has 0 bridgehead atoms. The molecule has 2 heterocycles. The number of hydrogen-bond donors (Lipinski definition) is 1. The molecule has 0 saturated carbocycles. The lowest BCUT2D eigenvalue weighted by Gasteiger charge is -2.31. The number of benzene rings is 2. The Kier molecular flexibility index (Phi) is 5.38. The Morgan fingerprint density at radius 1 is 1.07 bits per heavy atom. The van der Waals surface area contributed by atoms with Crippen LogP contribution in [0, 0.1) is 5.82 Å². The summed E-state index contributed by atoms with van der Waals surface area (Å²) in [5.74, 6) is -0.681. The lowest BCUT2D eigenvalue weighted by Crippen LogP contribution is -2.42. The summed E-state index contributed by atoms with van der Waals surface area (Å²) in [6, 6.07) is 9.25. The van der Waals surface area contributed by atoms with Crippen molar-refractivity contribution in [3.05, 3.63) is 80.7 Å². The summed E-state index contributed by atoms with van der Waals surface area (Å²) in [7, 11) is 0. The Balaban J connectivity index is 1.71. The van der Waals surface area contributed by atoms with Crippen molar-refractivity contribution in [3.63, 3.8) is 0 Å². The van der Waals surface area contributed by atoms with Gasteiger partial charge in [0.1, 0.15) is 17.5 Å². The van der Waals surface area contributed by atoms with Crippen molar-refractivity contribution in [2.24, 2.45) is 5.10 Å². The number of carbonyl (C=O) groups is 1. The third-order valence-electron chi connectivity index (χ3n) is 4.07. The number of amides is 1. The number of nitrogens with one attached hydrogen (secondary N) is 1. The molecule has 4 rings (SSSR count). The first-order chi connectivity index (χ1) is 13.4. The molecule has 2 aliphatic rings. The highest BCUT2D eigenvalue weighted by Gasteiger charge is 2.30. The Morgan fingerprint density at radius 3 is 2.54 bits per heavy atom. The zero-order chi connectivity index (χ0) is 19.8. The van der Waals surface area contributed by atoms with E-state index in [2.05, 4.69) is 10.4 Å². The molecule has 2 aromatic rings. The Hall–Kier alpha value is -1.99. The first kappa shape index (κ1) is 19.3. The van der Waals surface area contributed by atoms with E-state index >= 15 is 0 Å². The van der Waals surface area contributed by atoms with E-state index in [4.69, 9.17) is 34.8 Å². The molecule has 0 unspecified atom stereocenters. The second kappa shape index (κ2) is 7.79.